The Kier molecular flexibility index (Phi) is 3.61. The van der Waals surface area contributed by atoms with Gasteiger partial charge in [0, 0.05) is 4.75 Å². The van der Waals surface area contributed by atoms with Gasteiger partial charge in [0.05, 0.1) is 6.04 Å². The van der Waals surface area contributed by atoms with Gasteiger partial charge in [0.2, 0.25) is 5.91 Å². The van der Waals surface area contributed by atoms with Crippen LogP contribution in [0.2, 0.25) is 0 Å². The van der Waals surface area contributed by atoms with Gasteiger partial charge in [-0.1, -0.05) is 13.0 Å². The predicted molar refractivity (Wildman–Crippen MR) is 60.7 cm³/mol. The van der Waals surface area contributed by atoms with Crippen LogP contribution in [0.25, 0.3) is 0 Å². The zero-order chi connectivity index (χ0) is 10.8. The topological polar surface area (TPSA) is 55.1 Å². The highest BCUT2D eigenvalue weighted by Crippen LogP contribution is 2.46. The highest BCUT2D eigenvalue weighted by molar-refractivity contribution is 7.99. The molecule has 0 radical (unpaired) electrons. The second kappa shape index (κ2) is 4.36. The molecule has 0 heterocycles. The van der Waals surface area contributed by atoms with E-state index in [0.29, 0.717) is 0 Å². The van der Waals surface area contributed by atoms with E-state index in [1.165, 1.54) is 24.8 Å². The number of rotatable bonds is 5. The number of hydrogen-bond acceptors (Lipinski definition) is 3. The van der Waals surface area contributed by atoms with Crippen molar-refractivity contribution in [2.75, 3.05) is 0 Å². The van der Waals surface area contributed by atoms with Crippen molar-refractivity contribution >= 4 is 17.9 Å². The lowest BCUT2D eigenvalue weighted by atomic mass is 10.0. The van der Waals surface area contributed by atoms with Crippen molar-refractivity contribution in [3.63, 3.8) is 0 Å². The molecule has 0 aromatic carbocycles. The van der Waals surface area contributed by atoms with Gasteiger partial charge in [-0.15, -0.1) is 6.58 Å². The molecular formula is C10H18N2OS. The Morgan fingerprint density at radius 2 is 2.29 bits per heavy atom. The Balaban J connectivity index is 2.30. The van der Waals surface area contributed by atoms with Crippen molar-refractivity contribution in [1.82, 2.24) is 4.72 Å². The third-order valence-electron chi connectivity index (χ3n) is 2.59. The molecule has 4 heteroatoms. The van der Waals surface area contributed by atoms with E-state index < -0.39 is 6.04 Å². The smallest absolute Gasteiger partial charge is 0.247 e. The Morgan fingerprint density at radius 3 is 2.71 bits per heavy atom. The number of amides is 1. The minimum Gasteiger partial charge on any atom is -0.319 e. The highest BCUT2D eigenvalue weighted by atomic mass is 32.2. The molecule has 0 aliphatic heterocycles. The molecule has 1 aliphatic rings. The minimum absolute atomic E-state index is 0.0163. The largest absolute Gasteiger partial charge is 0.319 e. The Morgan fingerprint density at radius 1 is 1.71 bits per heavy atom. The fourth-order valence-corrected chi connectivity index (χ4v) is 1.69. The molecule has 1 fully saturated rings. The maximum atomic E-state index is 11.5. The summed E-state index contributed by atoms with van der Waals surface area (Å²) in [6, 6.07) is -0.484. The number of carbonyl (C=O) groups is 1. The fraction of sp³-hybridized carbons (Fsp3) is 0.700. The van der Waals surface area contributed by atoms with Gasteiger partial charge < -0.3 is 5.73 Å². The van der Waals surface area contributed by atoms with Gasteiger partial charge in [-0.3, -0.25) is 9.52 Å². The summed E-state index contributed by atoms with van der Waals surface area (Å²) in [6.45, 7) is 7.65. The lowest BCUT2D eigenvalue weighted by molar-refractivity contribution is -0.121. The average molecular weight is 214 g/mol. The van der Waals surface area contributed by atoms with Crippen molar-refractivity contribution in [2.24, 2.45) is 11.7 Å². The first-order valence-corrected chi connectivity index (χ1v) is 5.66. The van der Waals surface area contributed by atoms with Crippen LogP contribution in [0.3, 0.4) is 0 Å². The van der Waals surface area contributed by atoms with Crippen LogP contribution in [-0.4, -0.2) is 16.7 Å². The molecule has 1 amide bonds. The summed E-state index contributed by atoms with van der Waals surface area (Å²) in [5.41, 5.74) is 5.72. The molecule has 1 unspecified atom stereocenters. The molecule has 0 aromatic heterocycles. The zero-order valence-electron chi connectivity index (χ0n) is 8.75. The van der Waals surface area contributed by atoms with Crippen molar-refractivity contribution in [3.05, 3.63) is 12.7 Å². The van der Waals surface area contributed by atoms with E-state index in [9.17, 15) is 4.79 Å². The molecule has 2 atom stereocenters. The quantitative estimate of drug-likeness (QED) is 0.538. The summed E-state index contributed by atoms with van der Waals surface area (Å²) < 4.78 is 3.06. The summed E-state index contributed by atoms with van der Waals surface area (Å²) in [5.74, 6) is -0.0851. The van der Waals surface area contributed by atoms with E-state index >= 15 is 0 Å². The minimum atomic E-state index is -0.484. The van der Waals surface area contributed by atoms with E-state index in [1.54, 1.807) is 6.08 Å². The van der Waals surface area contributed by atoms with Crippen molar-refractivity contribution < 1.29 is 4.79 Å². The molecule has 0 bridgehead atoms. The van der Waals surface area contributed by atoms with E-state index in [1.807, 2.05) is 6.92 Å². The van der Waals surface area contributed by atoms with Gasteiger partial charge in [0.1, 0.15) is 0 Å². The van der Waals surface area contributed by atoms with Crippen LogP contribution < -0.4 is 10.5 Å². The van der Waals surface area contributed by atoms with Crippen LogP contribution >= 0.6 is 11.9 Å². The maximum absolute atomic E-state index is 11.5. The summed E-state index contributed by atoms with van der Waals surface area (Å²) in [6.07, 6.45) is 4.04. The molecule has 1 aliphatic carbocycles. The summed E-state index contributed by atoms with van der Waals surface area (Å²) >= 11 is 1.50. The molecule has 3 N–H and O–H groups in total. The highest BCUT2D eigenvalue weighted by Gasteiger charge is 2.39. The van der Waals surface area contributed by atoms with Gasteiger partial charge in [-0.25, -0.2) is 0 Å². The second-order valence-electron chi connectivity index (χ2n) is 4.14. The first-order valence-electron chi connectivity index (χ1n) is 4.84. The van der Waals surface area contributed by atoms with Crippen LogP contribution in [-0.2, 0) is 4.79 Å². The lowest BCUT2D eigenvalue weighted by Crippen LogP contribution is -2.42. The van der Waals surface area contributed by atoms with Crippen LogP contribution in [0.4, 0.5) is 0 Å². The monoisotopic (exact) mass is 214 g/mol. The fourth-order valence-electron chi connectivity index (χ4n) is 0.905. The predicted octanol–water partition coefficient (Wildman–Crippen LogP) is 1.45. The number of hydrogen-bond donors (Lipinski definition) is 2. The van der Waals surface area contributed by atoms with Gasteiger partial charge in [-0.2, -0.15) is 0 Å². The van der Waals surface area contributed by atoms with Crippen LogP contribution in [0.5, 0.6) is 0 Å². The van der Waals surface area contributed by atoms with Gasteiger partial charge in [-0.05, 0) is 37.6 Å². The molecule has 14 heavy (non-hydrogen) atoms. The normalized spacial score (nSPS) is 22.2. The Bertz CT molecular complexity index is 238. The van der Waals surface area contributed by atoms with E-state index in [4.69, 9.17) is 5.73 Å². The third-order valence-corrected chi connectivity index (χ3v) is 3.80. The SMILES string of the molecule is C=C[C@H](C)C(N)C(=O)NSC1(C)CC1. The summed E-state index contributed by atoms with van der Waals surface area (Å²) in [4.78, 5) is 11.5. The molecule has 3 nitrogen and oxygen atoms in total. The number of nitrogens with two attached hydrogens (primary N) is 1. The summed E-state index contributed by atoms with van der Waals surface area (Å²) in [7, 11) is 0. The van der Waals surface area contributed by atoms with Crippen molar-refractivity contribution in [2.45, 2.75) is 37.5 Å². The van der Waals surface area contributed by atoms with Gasteiger partial charge in [0.15, 0.2) is 0 Å². The maximum Gasteiger partial charge on any atom is 0.247 e. The number of carbonyl (C=O) groups excluding carboxylic acids is 1. The molecule has 1 rings (SSSR count). The Hall–Kier alpha value is -0.480. The second-order valence-corrected chi connectivity index (χ2v) is 5.53. The molecule has 0 aromatic rings. The average Bonchev–Trinajstić information content (AvgIpc) is 2.91. The van der Waals surface area contributed by atoms with Crippen molar-refractivity contribution in [1.29, 1.82) is 0 Å². The van der Waals surface area contributed by atoms with E-state index in [0.717, 1.165) is 0 Å². The first-order chi connectivity index (χ1) is 6.48. The Labute approximate surface area is 89.6 Å². The first kappa shape index (κ1) is 11.6. The zero-order valence-corrected chi connectivity index (χ0v) is 9.56. The van der Waals surface area contributed by atoms with Gasteiger partial charge in [0.25, 0.3) is 0 Å². The summed E-state index contributed by atoms with van der Waals surface area (Å²) in [5, 5.41) is 0. The number of nitrogens with one attached hydrogen (secondary N) is 1. The van der Waals surface area contributed by atoms with Gasteiger partial charge >= 0.3 is 0 Å². The lowest BCUT2D eigenvalue weighted by Gasteiger charge is -2.17. The molecular weight excluding hydrogens is 196 g/mol. The van der Waals surface area contributed by atoms with Crippen LogP contribution in [0, 0.1) is 5.92 Å². The van der Waals surface area contributed by atoms with E-state index in [-0.39, 0.29) is 16.6 Å². The molecule has 0 saturated heterocycles. The molecule has 0 spiro atoms. The molecule has 1 saturated carbocycles. The van der Waals surface area contributed by atoms with Crippen LogP contribution in [0.1, 0.15) is 26.7 Å². The standard InChI is InChI=1S/C10H18N2OS/c1-4-7(2)8(11)9(13)12-14-10(3)5-6-10/h4,7-8H,1,5-6,11H2,2-3H3,(H,12,13)/t7-,8?/m0/s1. The third kappa shape index (κ3) is 3.03. The molecule has 80 valence electrons. The van der Waals surface area contributed by atoms with E-state index in [2.05, 4.69) is 18.2 Å². The van der Waals surface area contributed by atoms with Crippen molar-refractivity contribution in [3.8, 4) is 0 Å². The van der Waals surface area contributed by atoms with Crippen LogP contribution in [0.15, 0.2) is 12.7 Å².